The Hall–Kier alpha value is -3.75. The summed E-state index contributed by atoms with van der Waals surface area (Å²) in [6.07, 6.45) is 1.43. The number of para-hydroxylation sites is 1. The smallest absolute Gasteiger partial charge is 0.259 e. The number of hydrazone groups is 1. The van der Waals surface area contributed by atoms with Crippen molar-refractivity contribution >= 4 is 18.0 Å². The minimum absolute atomic E-state index is 0.250. The molecule has 0 atom stereocenters. The van der Waals surface area contributed by atoms with Gasteiger partial charge in [0, 0.05) is 11.1 Å². The minimum atomic E-state index is -0.489. The summed E-state index contributed by atoms with van der Waals surface area (Å²) in [6.45, 7) is -0.250. The Bertz CT molecular complexity index is 898. The van der Waals surface area contributed by atoms with Crippen LogP contribution in [-0.2, 0) is 4.79 Å². The maximum Gasteiger partial charge on any atom is 0.259 e. The highest BCUT2D eigenvalue weighted by Crippen LogP contribution is 2.29. The number of rotatable bonds is 9. The molecule has 0 aliphatic rings. The minimum Gasteiger partial charge on any atom is -0.493 e. The summed E-state index contributed by atoms with van der Waals surface area (Å²) in [5.74, 6) is 1.04. The molecule has 29 heavy (non-hydrogen) atoms. The first kappa shape index (κ1) is 21.5. The van der Waals surface area contributed by atoms with Crippen molar-refractivity contribution in [2.24, 2.45) is 5.10 Å². The standard InChI is InChI=1S/C20H23N3O6/c1-26-15-9-8-13(10-17(15)28-3)20(25)21-12-18(24)23-22-11-14-6-5-7-16(27-2)19(14)29-4/h5-11H,12H2,1-4H3,(H,21,25)(H,23,24). The average molecular weight is 401 g/mol. The Morgan fingerprint density at radius 3 is 2.31 bits per heavy atom. The van der Waals surface area contributed by atoms with Gasteiger partial charge in [0.15, 0.2) is 23.0 Å². The number of hydrogen-bond acceptors (Lipinski definition) is 7. The predicted molar refractivity (Wildman–Crippen MR) is 107 cm³/mol. The normalized spacial score (nSPS) is 10.3. The third kappa shape index (κ3) is 5.61. The van der Waals surface area contributed by atoms with Gasteiger partial charge in [-0.25, -0.2) is 5.43 Å². The number of ether oxygens (including phenoxy) is 4. The van der Waals surface area contributed by atoms with E-state index in [0.29, 0.717) is 34.1 Å². The molecule has 154 valence electrons. The molecule has 9 nitrogen and oxygen atoms in total. The van der Waals surface area contributed by atoms with Gasteiger partial charge in [-0.05, 0) is 30.3 Å². The van der Waals surface area contributed by atoms with Crippen LogP contribution in [0.2, 0.25) is 0 Å². The molecule has 2 N–H and O–H groups in total. The van der Waals surface area contributed by atoms with E-state index in [1.165, 1.54) is 40.7 Å². The molecule has 2 amide bonds. The molecular weight excluding hydrogens is 378 g/mol. The van der Waals surface area contributed by atoms with Gasteiger partial charge in [-0.15, -0.1) is 0 Å². The lowest BCUT2D eigenvalue weighted by Crippen LogP contribution is -2.34. The van der Waals surface area contributed by atoms with Crippen LogP contribution in [0.4, 0.5) is 0 Å². The second kappa shape index (κ2) is 10.5. The first-order valence-electron chi connectivity index (χ1n) is 8.57. The molecule has 0 heterocycles. The fraction of sp³-hybridized carbons (Fsp3) is 0.250. The molecule has 0 unspecified atom stereocenters. The molecule has 0 spiro atoms. The first-order chi connectivity index (χ1) is 14.0. The second-order valence-electron chi connectivity index (χ2n) is 5.63. The van der Waals surface area contributed by atoms with Gasteiger partial charge in [0.2, 0.25) is 0 Å². The van der Waals surface area contributed by atoms with Gasteiger partial charge in [-0.2, -0.15) is 5.10 Å². The number of methoxy groups -OCH3 is 4. The lowest BCUT2D eigenvalue weighted by Gasteiger charge is -2.10. The van der Waals surface area contributed by atoms with E-state index in [4.69, 9.17) is 18.9 Å². The monoisotopic (exact) mass is 401 g/mol. The van der Waals surface area contributed by atoms with Crippen LogP contribution in [0.5, 0.6) is 23.0 Å². The van der Waals surface area contributed by atoms with Crippen molar-refractivity contribution in [3.8, 4) is 23.0 Å². The highest BCUT2D eigenvalue weighted by Gasteiger charge is 2.12. The molecule has 0 saturated carbocycles. The van der Waals surface area contributed by atoms with Crippen LogP contribution in [-0.4, -0.2) is 53.0 Å². The third-order valence-electron chi connectivity index (χ3n) is 3.88. The number of hydrogen-bond donors (Lipinski definition) is 2. The highest BCUT2D eigenvalue weighted by atomic mass is 16.5. The predicted octanol–water partition coefficient (Wildman–Crippen LogP) is 1.60. The lowest BCUT2D eigenvalue weighted by molar-refractivity contribution is -0.120. The van der Waals surface area contributed by atoms with Crippen LogP contribution < -0.4 is 29.7 Å². The molecule has 0 aliphatic heterocycles. The number of nitrogens with zero attached hydrogens (tertiary/aromatic N) is 1. The SMILES string of the molecule is COc1ccc(C(=O)NCC(=O)NN=Cc2cccc(OC)c2OC)cc1OC. The topological polar surface area (TPSA) is 107 Å². The molecule has 9 heteroatoms. The molecule has 0 radical (unpaired) electrons. The zero-order valence-corrected chi connectivity index (χ0v) is 16.6. The van der Waals surface area contributed by atoms with E-state index in [0.717, 1.165) is 0 Å². The molecule has 2 rings (SSSR count). The highest BCUT2D eigenvalue weighted by molar-refractivity contribution is 5.97. The Kier molecular flexibility index (Phi) is 7.84. The van der Waals surface area contributed by atoms with Gasteiger partial charge in [0.1, 0.15) is 0 Å². The van der Waals surface area contributed by atoms with Crippen molar-refractivity contribution in [3.05, 3.63) is 47.5 Å². The summed E-state index contributed by atoms with van der Waals surface area (Å²) in [4.78, 5) is 24.1. The van der Waals surface area contributed by atoms with Crippen molar-refractivity contribution in [2.45, 2.75) is 0 Å². The average Bonchev–Trinajstić information content (AvgIpc) is 2.76. The van der Waals surface area contributed by atoms with E-state index in [1.54, 1.807) is 30.3 Å². The zero-order valence-electron chi connectivity index (χ0n) is 16.6. The van der Waals surface area contributed by atoms with Gasteiger partial charge < -0.3 is 24.3 Å². The fourth-order valence-corrected chi connectivity index (χ4v) is 2.47. The molecule has 0 aliphatic carbocycles. The van der Waals surface area contributed by atoms with E-state index in [9.17, 15) is 9.59 Å². The fourth-order valence-electron chi connectivity index (χ4n) is 2.47. The molecular formula is C20H23N3O6. The van der Waals surface area contributed by atoms with Gasteiger partial charge in [0.25, 0.3) is 11.8 Å². The van der Waals surface area contributed by atoms with Crippen molar-refractivity contribution in [1.29, 1.82) is 0 Å². The molecule has 0 fully saturated rings. The summed E-state index contributed by atoms with van der Waals surface area (Å²) in [5.41, 5.74) is 3.30. The number of benzene rings is 2. The summed E-state index contributed by atoms with van der Waals surface area (Å²) < 4.78 is 20.8. The van der Waals surface area contributed by atoms with Crippen molar-refractivity contribution in [1.82, 2.24) is 10.7 Å². The number of nitrogens with one attached hydrogen (secondary N) is 2. The Labute approximate surface area is 168 Å². The summed E-state index contributed by atoms with van der Waals surface area (Å²) in [6, 6.07) is 9.99. The Balaban J connectivity index is 1.92. The maximum absolute atomic E-state index is 12.2. The Morgan fingerprint density at radius 2 is 1.66 bits per heavy atom. The summed E-state index contributed by atoms with van der Waals surface area (Å²) >= 11 is 0. The van der Waals surface area contributed by atoms with Crippen molar-refractivity contribution in [3.63, 3.8) is 0 Å². The van der Waals surface area contributed by atoms with Crippen molar-refractivity contribution in [2.75, 3.05) is 35.0 Å². The molecule has 0 saturated heterocycles. The summed E-state index contributed by atoms with van der Waals surface area (Å²) in [5, 5.41) is 6.39. The van der Waals surface area contributed by atoms with Gasteiger partial charge in [-0.3, -0.25) is 9.59 Å². The lowest BCUT2D eigenvalue weighted by atomic mass is 10.2. The largest absolute Gasteiger partial charge is 0.493 e. The molecule has 0 bridgehead atoms. The number of amides is 2. The van der Waals surface area contributed by atoms with E-state index >= 15 is 0 Å². The maximum atomic E-state index is 12.2. The molecule has 2 aromatic carbocycles. The van der Waals surface area contributed by atoms with Crippen LogP contribution >= 0.6 is 0 Å². The van der Waals surface area contributed by atoms with Crippen LogP contribution in [0, 0.1) is 0 Å². The van der Waals surface area contributed by atoms with Gasteiger partial charge in [0.05, 0.1) is 41.2 Å². The van der Waals surface area contributed by atoms with Crippen LogP contribution in [0.1, 0.15) is 15.9 Å². The van der Waals surface area contributed by atoms with Crippen molar-refractivity contribution < 1.29 is 28.5 Å². The quantitative estimate of drug-likeness (QED) is 0.488. The van der Waals surface area contributed by atoms with E-state index in [1.807, 2.05) is 0 Å². The zero-order chi connectivity index (χ0) is 21.2. The van der Waals surface area contributed by atoms with Crippen LogP contribution in [0.25, 0.3) is 0 Å². The third-order valence-corrected chi connectivity index (χ3v) is 3.88. The van der Waals surface area contributed by atoms with Gasteiger partial charge >= 0.3 is 0 Å². The molecule has 0 aromatic heterocycles. The number of carbonyl (C=O) groups excluding carboxylic acids is 2. The Morgan fingerprint density at radius 1 is 0.931 bits per heavy atom. The first-order valence-corrected chi connectivity index (χ1v) is 8.57. The van der Waals surface area contributed by atoms with E-state index in [-0.39, 0.29) is 6.54 Å². The molecule has 2 aromatic rings. The summed E-state index contributed by atoms with van der Waals surface area (Å²) in [7, 11) is 6.02. The van der Waals surface area contributed by atoms with Crippen LogP contribution in [0.15, 0.2) is 41.5 Å². The number of carbonyl (C=O) groups is 2. The van der Waals surface area contributed by atoms with Gasteiger partial charge in [-0.1, -0.05) is 6.07 Å². The van der Waals surface area contributed by atoms with E-state index < -0.39 is 11.8 Å². The van der Waals surface area contributed by atoms with Crippen LogP contribution in [0.3, 0.4) is 0 Å². The van der Waals surface area contributed by atoms with E-state index in [2.05, 4.69) is 15.8 Å². The second-order valence-corrected chi connectivity index (χ2v) is 5.63.